The van der Waals surface area contributed by atoms with E-state index in [0.717, 1.165) is 43.4 Å². The van der Waals surface area contributed by atoms with Crippen LogP contribution in [0.1, 0.15) is 44.3 Å². The monoisotopic (exact) mass is 250 g/mol. The quantitative estimate of drug-likeness (QED) is 0.876. The van der Waals surface area contributed by atoms with Gasteiger partial charge in [0, 0.05) is 13.1 Å². The van der Waals surface area contributed by atoms with E-state index in [9.17, 15) is 4.79 Å². The zero-order valence-electron chi connectivity index (χ0n) is 11.4. The third kappa shape index (κ3) is 3.06. The number of rotatable bonds is 2. The molecule has 1 atom stereocenters. The maximum Gasteiger partial charge on any atom is 0.317 e. The Morgan fingerprint density at radius 1 is 1.44 bits per heavy atom. The lowest BCUT2D eigenvalue weighted by Crippen LogP contribution is -2.44. The van der Waals surface area contributed by atoms with Gasteiger partial charge >= 0.3 is 6.03 Å². The predicted octanol–water partition coefficient (Wildman–Crippen LogP) is 3.09. The van der Waals surface area contributed by atoms with Gasteiger partial charge in [0.2, 0.25) is 0 Å². The molecule has 18 heavy (non-hydrogen) atoms. The molecule has 2 amide bonds. The van der Waals surface area contributed by atoms with Gasteiger partial charge in [-0.15, -0.1) is 0 Å². The summed E-state index contributed by atoms with van der Waals surface area (Å²) in [5, 5.41) is 2.99. The number of carbonyl (C=O) groups excluding carboxylic acids is 1. The van der Waals surface area contributed by atoms with Gasteiger partial charge in [0.15, 0.2) is 0 Å². The van der Waals surface area contributed by atoms with E-state index in [0.29, 0.717) is 0 Å². The van der Waals surface area contributed by atoms with Gasteiger partial charge in [0.1, 0.15) is 11.5 Å². The van der Waals surface area contributed by atoms with Crippen molar-refractivity contribution in [3.63, 3.8) is 0 Å². The summed E-state index contributed by atoms with van der Waals surface area (Å²) in [6, 6.07) is 3.77. The number of carbonyl (C=O) groups is 1. The Hall–Kier alpha value is -1.45. The highest BCUT2D eigenvalue weighted by Crippen LogP contribution is 2.18. The smallest absolute Gasteiger partial charge is 0.317 e. The number of nitrogens with one attached hydrogen (secondary N) is 1. The first-order valence-corrected chi connectivity index (χ1v) is 6.68. The number of amides is 2. The Morgan fingerprint density at radius 2 is 2.11 bits per heavy atom. The lowest BCUT2D eigenvalue weighted by Gasteiger charge is -2.31. The second-order valence-corrected chi connectivity index (χ2v) is 5.29. The Kier molecular flexibility index (Phi) is 3.94. The number of piperidine rings is 1. The summed E-state index contributed by atoms with van der Waals surface area (Å²) < 4.78 is 5.52. The van der Waals surface area contributed by atoms with Crippen LogP contribution >= 0.6 is 0 Å². The van der Waals surface area contributed by atoms with Gasteiger partial charge in [-0.05, 0) is 44.7 Å². The van der Waals surface area contributed by atoms with Crippen LogP contribution in [0, 0.1) is 12.8 Å². The molecule has 0 radical (unpaired) electrons. The van der Waals surface area contributed by atoms with Crippen molar-refractivity contribution in [2.45, 2.75) is 39.7 Å². The van der Waals surface area contributed by atoms with E-state index in [1.54, 1.807) is 0 Å². The topological polar surface area (TPSA) is 45.5 Å². The van der Waals surface area contributed by atoms with Gasteiger partial charge < -0.3 is 14.6 Å². The summed E-state index contributed by atoms with van der Waals surface area (Å²) in [6.45, 7) is 7.81. The standard InChI is InChI=1S/C14H22N2O2/c1-10-6-8-16(9-7-10)14(17)15-12(3)13-5-4-11(2)18-13/h4-5,10,12H,6-9H2,1-3H3,(H,15,17). The molecule has 0 aromatic carbocycles. The fourth-order valence-electron chi connectivity index (χ4n) is 2.25. The fraction of sp³-hybridized carbons (Fsp3) is 0.643. The first-order valence-electron chi connectivity index (χ1n) is 6.68. The highest BCUT2D eigenvalue weighted by atomic mass is 16.3. The molecule has 0 spiro atoms. The number of urea groups is 1. The van der Waals surface area contributed by atoms with Crippen LogP contribution in [0.25, 0.3) is 0 Å². The molecule has 1 aromatic rings. The zero-order chi connectivity index (χ0) is 13.1. The van der Waals surface area contributed by atoms with Gasteiger partial charge in [-0.2, -0.15) is 0 Å². The Bertz CT molecular complexity index is 406. The van der Waals surface area contributed by atoms with Gasteiger partial charge in [-0.3, -0.25) is 0 Å². The van der Waals surface area contributed by atoms with Crippen molar-refractivity contribution >= 4 is 6.03 Å². The van der Waals surface area contributed by atoms with Crippen molar-refractivity contribution in [1.82, 2.24) is 10.2 Å². The van der Waals surface area contributed by atoms with Crippen LogP contribution in [0.5, 0.6) is 0 Å². The molecule has 1 N–H and O–H groups in total. The molecule has 1 saturated heterocycles. The average Bonchev–Trinajstić information content (AvgIpc) is 2.76. The van der Waals surface area contributed by atoms with E-state index in [2.05, 4.69) is 12.2 Å². The van der Waals surface area contributed by atoms with Crippen molar-refractivity contribution in [1.29, 1.82) is 0 Å². The minimum atomic E-state index is -0.0782. The lowest BCUT2D eigenvalue weighted by molar-refractivity contribution is 0.170. The van der Waals surface area contributed by atoms with Crippen LogP contribution in [0.3, 0.4) is 0 Å². The second-order valence-electron chi connectivity index (χ2n) is 5.29. The predicted molar refractivity (Wildman–Crippen MR) is 70.4 cm³/mol. The van der Waals surface area contributed by atoms with Gasteiger partial charge in [0.25, 0.3) is 0 Å². The van der Waals surface area contributed by atoms with E-state index >= 15 is 0 Å². The van der Waals surface area contributed by atoms with Gasteiger partial charge in [-0.25, -0.2) is 4.79 Å². The van der Waals surface area contributed by atoms with Crippen molar-refractivity contribution < 1.29 is 9.21 Å². The first kappa shape index (κ1) is 13.0. The molecule has 2 heterocycles. The fourth-order valence-corrected chi connectivity index (χ4v) is 2.25. The van der Waals surface area contributed by atoms with Crippen molar-refractivity contribution in [3.05, 3.63) is 23.7 Å². The number of furan rings is 1. The molecule has 4 heteroatoms. The van der Waals surface area contributed by atoms with Gasteiger partial charge in [0.05, 0.1) is 6.04 Å². The van der Waals surface area contributed by atoms with E-state index in [1.807, 2.05) is 30.9 Å². The van der Waals surface area contributed by atoms with Crippen LogP contribution in [0.2, 0.25) is 0 Å². The number of aryl methyl sites for hydroxylation is 1. The van der Waals surface area contributed by atoms with E-state index < -0.39 is 0 Å². The maximum absolute atomic E-state index is 12.1. The summed E-state index contributed by atoms with van der Waals surface area (Å²) in [6.07, 6.45) is 2.20. The lowest BCUT2D eigenvalue weighted by atomic mass is 10.00. The molecule has 100 valence electrons. The molecule has 2 rings (SSSR count). The third-order valence-corrected chi connectivity index (χ3v) is 3.60. The summed E-state index contributed by atoms with van der Waals surface area (Å²) in [5.74, 6) is 2.42. The van der Waals surface area contributed by atoms with Gasteiger partial charge in [-0.1, -0.05) is 6.92 Å². The number of nitrogens with zero attached hydrogens (tertiary/aromatic N) is 1. The summed E-state index contributed by atoms with van der Waals surface area (Å²) in [7, 11) is 0. The SMILES string of the molecule is Cc1ccc(C(C)NC(=O)N2CCC(C)CC2)o1. The molecule has 1 aliphatic heterocycles. The van der Waals surface area contributed by atoms with Crippen LogP contribution in [-0.2, 0) is 0 Å². The molecule has 1 unspecified atom stereocenters. The summed E-state index contributed by atoms with van der Waals surface area (Å²) in [4.78, 5) is 14.0. The average molecular weight is 250 g/mol. The van der Waals surface area contributed by atoms with E-state index in [1.165, 1.54) is 0 Å². The number of hydrogen-bond donors (Lipinski definition) is 1. The Morgan fingerprint density at radius 3 is 2.67 bits per heavy atom. The summed E-state index contributed by atoms with van der Waals surface area (Å²) >= 11 is 0. The Balaban J connectivity index is 1.87. The molecule has 0 bridgehead atoms. The molecule has 4 nitrogen and oxygen atoms in total. The normalized spacial score (nSPS) is 18.7. The molecule has 1 aliphatic rings. The minimum Gasteiger partial charge on any atom is -0.464 e. The van der Waals surface area contributed by atoms with Crippen LogP contribution < -0.4 is 5.32 Å². The van der Waals surface area contributed by atoms with E-state index in [-0.39, 0.29) is 12.1 Å². The zero-order valence-corrected chi connectivity index (χ0v) is 11.4. The Labute approximate surface area is 108 Å². The molecule has 1 aromatic heterocycles. The van der Waals surface area contributed by atoms with Crippen LogP contribution in [0.4, 0.5) is 4.79 Å². The second kappa shape index (κ2) is 5.46. The highest BCUT2D eigenvalue weighted by Gasteiger charge is 2.22. The highest BCUT2D eigenvalue weighted by molar-refractivity contribution is 5.74. The number of likely N-dealkylation sites (tertiary alicyclic amines) is 1. The first-order chi connectivity index (χ1) is 8.56. The van der Waals surface area contributed by atoms with E-state index in [4.69, 9.17) is 4.42 Å². The van der Waals surface area contributed by atoms with Crippen LogP contribution in [-0.4, -0.2) is 24.0 Å². The molecule has 0 saturated carbocycles. The maximum atomic E-state index is 12.1. The molecule has 0 aliphatic carbocycles. The number of hydrogen-bond acceptors (Lipinski definition) is 2. The van der Waals surface area contributed by atoms with Crippen LogP contribution in [0.15, 0.2) is 16.5 Å². The van der Waals surface area contributed by atoms with Crippen molar-refractivity contribution in [2.75, 3.05) is 13.1 Å². The minimum absolute atomic E-state index is 0.0171. The molecule has 1 fully saturated rings. The third-order valence-electron chi connectivity index (χ3n) is 3.60. The molecular weight excluding hydrogens is 228 g/mol. The largest absolute Gasteiger partial charge is 0.464 e. The van der Waals surface area contributed by atoms with Crippen molar-refractivity contribution in [2.24, 2.45) is 5.92 Å². The molecular formula is C14H22N2O2. The summed E-state index contributed by atoms with van der Waals surface area (Å²) in [5.41, 5.74) is 0. The van der Waals surface area contributed by atoms with Crippen molar-refractivity contribution in [3.8, 4) is 0 Å².